The third-order valence-corrected chi connectivity index (χ3v) is 14.9. The molecule has 4 amide bonds. The van der Waals surface area contributed by atoms with Gasteiger partial charge in [0.1, 0.15) is 17.8 Å². The monoisotopic (exact) mass is 1020 g/mol. The van der Waals surface area contributed by atoms with E-state index < -0.39 is 17.3 Å². The number of aromatic nitrogens is 3. The number of nitrogens with zero attached hydrogens (tertiary/aromatic N) is 6. The predicted octanol–water partition coefficient (Wildman–Crippen LogP) is 7.33. The van der Waals surface area contributed by atoms with Gasteiger partial charge in [-0.2, -0.15) is 13.2 Å². The summed E-state index contributed by atoms with van der Waals surface area (Å²) < 4.78 is 46.7. The quantitative estimate of drug-likeness (QED) is 0.0717. The molecule has 0 saturated carbocycles. The van der Waals surface area contributed by atoms with Crippen molar-refractivity contribution >= 4 is 62.9 Å². The van der Waals surface area contributed by atoms with Gasteiger partial charge in [0.05, 0.1) is 42.2 Å². The van der Waals surface area contributed by atoms with Crippen molar-refractivity contribution in [2.24, 2.45) is 5.73 Å². The number of piperazine rings is 1. The van der Waals surface area contributed by atoms with Gasteiger partial charge in [-0.05, 0) is 102 Å². The van der Waals surface area contributed by atoms with Gasteiger partial charge in [-0.1, -0.05) is 60.1 Å². The molecule has 384 valence electrons. The van der Waals surface area contributed by atoms with Crippen LogP contribution < -0.4 is 21.3 Å². The minimum Gasteiger partial charge on any atom is -0.379 e. The summed E-state index contributed by atoms with van der Waals surface area (Å²) in [6, 6.07) is 25.0. The molecule has 0 radical (unpaired) electrons. The van der Waals surface area contributed by atoms with Gasteiger partial charge >= 0.3 is 6.18 Å². The molecule has 5 N–H and O–H groups in total. The number of likely N-dealkylation sites (tertiary alicyclic amines) is 1. The highest BCUT2D eigenvalue weighted by Crippen LogP contribution is 2.37. The van der Waals surface area contributed by atoms with Crippen molar-refractivity contribution in [1.29, 1.82) is 0 Å². The van der Waals surface area contributed by atoms with Gasteiger partial charge < -0.3 is 40.8 Å². The summed E-state index contributed by atoms with van der Waals surface area (Å²) in [4.78, 5) is 73.4. The van der Waals surface area contributed by atoms with Gasteiger partial charge in [-0.25, -0.2) is 9.97 Å². The largest absolute Gasteiger partial charge is 0.417 e. The highest BCUT2D eigenvalue weighted by atomic mass is 35.5. The lowest BCUT2D eigenvalue weighted by atomic mass is 9.87. The zero-order valence-electron chi connectivity index (χ0n) is 40.5. The Balaban J connectivity index is 0.659. The Morgan fingerprint density at radius 2 is 1.52 bits per heavy atom. The molecular formula is C54H60ClF3N10O5. The molecule has 3 fully saturated rings. The summed E-state index contributed by atoms with van der Waals surface area (Å²) in [5.41, 5.74) is 8.55. The van der Waals surface area contributed by atoms with E-state index in [1.165, 1.54) is 18.2 Å². The van der Waals surface area contributed by atoms with Crippen molar-refractivity contribution in [1.82, 2.24) is 40.3 Å². The van der Waals surface area contributed by atoms with Gasteiger partial charge in [0.25, 0.3) is 11.8 Å². The Morgan fingerprint density at radius 3 is 2.25 bits per heavy atom. The molecule has 1 atom stereocenters. The second kappa shape index (κ2) is 22.7. The fourth-order valence-electron chi connectivity index (χ4n) is 10.3. The van der Waals surface area contributed by atoms with Crippen LogP contribution in [0.4, 0.5) is 19.0 Å². The van der Waals surface area contributed by atoms with Gasteiger partial charge in [-0.15, -0.1) is 0 Å². The van der Waals surface area contributed by atoms with Gasteiger partial charge in [-0.3, -0.25) is 24.1 Å². The molecule has 0 unspecified atom stereocenters. The van der Waals surface area contributed by atoms with E-state index in [2.05, 4.69) is 35.4 Å². The molecule has 5 heterocycles. The first-order chi connectivity index (χ1) is 35.2. The van der Waals surface area contributed by atoms with Crippen molar-refractivity contribution in [3.05, 3.63) is 136 Å². The van der Waals surface area contributed by atoms with E-state index in [0.29, 0.717) is 102 Å². The lowest BCUT2D eigenvalue weighted by molar-refractivity contribution is -0.136. The van der Waals surface area contributed by atoms with Crippen LogP contribution in [0.1, 0.15) is 87.9 Å². The maximum atomic E-state index is 13.9. The van der Waals surface area contributed by atoms with E-state index in [4.69, 9.17) is 22.1 Å². The van der Waals surface area contributed by atoms with Crippen LogP contribution >= 0.6 is 11.6 Å². The lowest BCUT2D eigenvalue weighted by Crippen LogP contribution is -2.60. The third kappa shape index (κ3) is 12.1. The molecule has 0 aliphatic carbocycles. The number of anilines is 1. The summed E-state index contributed by atoms with van der Waals surface area (Å²) >= 11 is 6.23. The van der Waals surface area contributed by atoms with Crippen LogP contribution in [-0.4, -0.2) is 137 Å². The molecule has 3 saturated heterocycles. The second-order valence-electron chi connectivity index (χ2n) is 19.2. The summed E-state index contributed by atoms with van der Waals surface area (Å²) in [5, 5.41) is 7.99. The first kappa shape index (κ1) is 51.3. The molecule has 0 spiro atoms. The fraction of sp³-hybridized carbons (Fsp3) is 0.407. The van der Waals surface area contributed by atoms with E-state index in [1.54, 1.807) is 35.5 Å². The zero-order chi connectivity index (χ0) is 51.1. The maximum absolute atomic E-state index is 13.9. The van der Waals surface area contributed by atoms with E-state index >= 15 is 0 Å². The fourth-order valence-corrected chi connectivity index (χ4v) is 10.4. The number of alkyl halides is 3. The molecule has 4 aromatic carbocycles. The van der Waals surface area contributed by atoms with E-state index in [-0.39, 0.29) is 78.1 Å². The number of piperidine rings is 2. The van der Waals surface area contributed by atoms with Crippen LogP contribution in [0.25, 0.3) is 21.8 Å². The van der Waals surface area contributed by atoms with Crippen LogP contribution in [0.2, 0.25) is 5.02 Å². The average molecular weight is 1020 g/mol. The number of carbonyl (C=O) groups excluding carboxylic acids is 4. The molecule has 19 heteroatoms. The number of ether oxygens (including phenoxy) is 1. The number of nitrogens with two attached hydrogens (primary N) is 1. The number of halogens is 4. The Hall–Kier alpha value is -6.60. The van der Waals surface area contributed by atoms with Crippen molar-refractivity contribution in [3.63, 3.8) is 0 Å². The number of hydrogen-bond donors (Lipinski definition) is 4. The van der Waals surface area contributed by atoms with Gasteiger partial charge in [0.15, 0.2) is 0 Å². The first-order valence-corrected chi connectivity index (χ1v) is 25.3. The number of aromatic amines is 1. The Morgan fingerprint density at radius 1 is 0.808 bits per heavy atom. The smallest absolute Gasteiger partial charge is 0.379 e. The number of nitrogens with one attached hydrogen (secondary N) is 3. The van der Waals surface area contributed by atoms with Crippen LogP contribution in [0.3, 0.4) is 0 Å². The number of rotatable bonds is 16. The molecule has 0 bridgehead atoms. The third-order valence-electron chi connectivity index (χ3n) is 14.7. The lowest BCUT2D eigenvalue weighted by Gasteiger charge is -2.39. The SMILES string of the molecule is NC1(C(=O)N[C@@H](CCN2CCN(C(=O)CCOCCNC(=O)c3ccc(C4CCN(C(=O)c5cccc6c(C(F)(F)F)cccc56)CC4)cc3)CC2)c2ccc(Cl)cc2)CCN(c2ncnc3[nH]ccc23)CC1. The number of H-pyrrole nitrogens is 1. The first-order valence-electron chi connectivity index (χ1n) is 25.0. The minimum absolute atomic E-state index is 0.00926. The molecule has 15 nitrogen and oxygen atoms in total. The van der Waals surface area contributed by atoms with Crippen molar-refractivity contribution in [2.75, 3.05) is 83.6 Å². The zero-order valence-corrected chi connectivity index (χ0v) is 41.3. The van der Waals surface area contributed by atoms with Crippen molar-refractivity contribution < 1.29 is 37.1 Å². The molecule has 6 aromatic rings. The topological polar surface area (TPSA) is 182 Å². The van der Waals surface area contributed by atoms with Crippen LogP contribution in [0.15, 0.2) is 104 Å². The number of benzene rings is 4. The van der Waals surface area contributed by atoms with Gasteiger partial charge in [0.2, 0.25) is 11.8 Å². The molecule has 2 aromatic heterocycles. The maximum Gasteiger partial charge on any atom is 0.417 e. The number of fused-ring (bicyclic) bond motifs is 2. The molecule has 3 aliphatic heterocycles. The Kier molecular flexibility index (Phi) is 15.9. The van der Waals surface area contributed by atoms with Crippen LogP contribution in [0.5, 0.6) is 0 Å². The van der Waals surface area contributed by atoms with Crippen molar-refractivity contribution in [3.8, 4) is 0 Å². The highest BCUT2D eigenvalue weighted by molar-refractivity contribution is 6.30. The standard InChI is InChI=1S/C54H60ClF3N10O5/c55-40-13-11-38(12-14-40)46(64-52(72)53(59)20-27-67(28-21-53)49-44-15-22-60-48(44)62-35-63-49)18-24-65-29-31-66(32-30-65)47(69)19-33-73-34-23-61-50(70)39-9-7-36(8-10-39)37-16-25-68(26-17-37)51(71)43-5-1-4-42-41(43)3-2-6-45(42)54(56,57)58/h1-15,22,35,37,46H,16-21,23-34,59H2,(H,61,70)(H,64,72)(H,60,62,63)/t46-/m0/s1. The van der Waals surface area contributed by atoms with Crippen LogP contribution in [0, 0.1) is 0 Å². The number of carbonyl (C=O) groups is 4. The molecule has 9 rings (SSSR count). The van der Waals surface area contributed by atoms with Gasteiger partial charge in [0, 0.05) is 87.8 Å². The summed E-state index contributed by atoms with van der Waals surface area (Å²) in [6.45, 7) is 6.10. The Labute approximate surface area is 426 Å². The summed E-state index contributed by atoms with van der Waals surface area (Å²) in [7, 11) is 0. The molecular weight excluding hydrogens is 961 g/mol. The molecule has 73 heavy (non-hydrogen) atoms. The van der Waals surface area contributed by atoms with Crippen LogP contribution in [-0.2, 0) is 20.5 Å². The highest BCUT2D eigenvalue weighted by Gasteiger charge is 2.40. The number of hydrogen-bond acceptors (Lipinski definition) is 10. The average Bonchev–Trinajstić information content (AvgIpc) is 3.90. The predicted molar refractivity (Wildman–Crippen MR) is 273 cm³/mol. The normalized spacial score (nSPS) is 17.2. The Bertz CT molecular complexity index is 2900. The summed E-state index contributed by atoms with van der Waals surface area (Å²) in [6.07, 6.45) is 2.03. The summed E-state index contributed by atoms with van der Waals surface area (Å²) in [5.74, 6) is 0.292. The van der Waals surface area contributed by atoms with E-state index in [0.717, 1.165) is 34.0 Å². The minimum atomic E-state index is -4.53. The van der Waals surface area contributed by atoms with E-state index in [9.17, 15) is 32.3 Å². The number of amides is 4. The van der Waals surface area contributed by atoms with Crippen molar-refractivity contribution in [2.45, 2.75) is 62.2 Å². The second-order valence-corrected chi connectivity index (χ2v) is 19.6. The molecule has 3 aliphatic rings. The van der Waals surface area contributed by atoms with E-state index in [1.807, 2.05) is 53.6 Å².